The fraction of sp³-hybridized carbons (Fsp3) is 0.222. The molecule has 0 unspecified atom stereocenters. The third-order valence-electron chi connectivity index (χ3n) is 3.55. The van der Waals surface area contributed by atoms with Gasteiger partial charge in [-0.25, -0.2) is 0 Å². The van der Waals surface area contributed by atoms with Gasteiger partial charge in [0.15, 0.2) is 5.76 Å². The van der Waals surface area contributed by atoms with Crippen LogP contribution in [0.15, 0.2) is 64.4 Å². The molecule has 0 fully saturated rings. The standard InChI is InChI=1S/C18H19N3O2S/c1-21-12-14(11-20-21)7-9-19-18(22)17-15(8-10-23-17)13-24-16-5-3-2-4-6-16/h2-6,8,10-12H,7,9,13H2,1H3,(H,19,22). The molecule has 1 N–H and O–H groups in total. The summed E-state index contributed by atoms with van der Waals surface area (Å²) in [6, 6.07) is 12.0. The predicted molar refractivity (Wildman–Crippen MR) is 94.0 cm³/mol. The van der Waals surface area contributed by atoms with E-state index in [4.69, 9.17) is 4.42 Å². The normalized spacial score (nSPS) is 10.7. The van der Waals surface area contributed by atoms with Gasteiger partial charge < -0.3 is 9.73 Å². The van der Waals surface area contributed by atoms with Crippen LogP contribution in [0.1, 0.15) is 21.7 Å². The number of rotatable bonds is 7. The van der Waals surface area contributed by atoms with Crippen molar-refractivity contribution in [2.75, 3.05) is 6.54 Å². The summed E-state index contributed by atoms with van der Waals surface area (Å²) < 4.78 is 7.13. The summed E-state index contributed by atoms with van der Waals surface area (Å²) in [5, 5.41) is 7.02. The van der Waals surface area contributed by atoms with Crippen LogP contribution in [0.25, 0.3) is 0 Å². The van der Waals surface area contributed by atoms with Gasteiger partial charge in [0.25, 0.3) is 5.91 Å². The Balaban J connectivity index is 1.52. The topological polar surface area (TPSA) is 60.1 Å². The third-order valence-corrected chi connectivity index (χ3v) is 4.61. The number of hydrogen-bond acceptors (Lipinski definition) is 4. The van der Waals surface area contributed by atoms with Crippen LogP contribution in [0.2, 0.25) is 0 Å². The number of furan rings is 1. The van der Waals surface area contributed by atoms with E-state index in [2.05, 4.69) is 22.5 Å². The minimum atomic E-state index is -0.174. The highest BCUT2D eigenvalue weighted by Gasteiger charge is 2.15. The van der Waals surface area contributed by atoms with E-state index in [-0.39, 0.29) is 5.91 Å². The molecule has 24 heavy (non-hydrogen) atoms. The second-order valence-corrected chi connectivity index (χ2v) is 6.45. The quantitative estimate of drug-likeness (QED) is 0.670. The molecule has 5 nitrogen and oxygen atoms in total. The van der Waals surface area contributed by atoms with Crippen molar-refractivity contribution in [3.05, 3.63) is 71.9 Å². The summed E-state index contributed by atoms with van der Waals surface area (Å²) in [6.07, 6.45) is 6.06. The highest BCUT2D eigenvalue weighted by molar-refractivity contribution is 7.98. The molecule has 0 aliphatic heterocycles. The van der Waals surface area contributed by atoms with Gasteiger partial charge in [-0.3, -0.25) is 9.48 Å². The maximum Gasteiger partial charge on any atom is 0.287 e. The lowest BCUT2D eigenvalue weighted by molar-refractivity contribution is 0.0925. The highest BCUT2D eigenvalue weighted by Crippen LogP contribution is 2.24. The van der Waals surface area contributed by atoms with Gasteiger partial charge in [0.1, 0.15) is 0 Å². The number of aryl methyl sites for hydroxylation is 1. The summed E-state index contributed by atoms with van der Waals surface area (Å²) in [5.74, 6) is 0.920. The van der Waals surface area contributed by atoms with Crippen molar-refractivity contribution in [2.24, 2.45) is 7.05 Å². The Kier molecular flexibility index (Phi) is 5.38. The van der Waals surface area contributed by atoms with Crippen molar-refractivity contribution in [1.29, 1.82) is 0 Å². The van der Waals surface area contributed by atoms with Crippen molar-refractivity contribution in [2.45, 2.75) is 17.1 Å². The molecule has 0 bridgehead atoms. The van der Waals surface area contributed by atoms with Crippen LogP contribution in [0.4, 0.5) is 0 Å². The minimum absolute atomic E-state index is 0.174. The molecular weight excluding hydrogens is 322 g/mol. The van der Waals surface area contributed by atoms with Gasteiger partial charge in [-0.15, -0.1) is 11.8 Å². The number of nitrogens with one attached hydrogen (secondary N) is 1. The van der Waals surface area contributed by atoms with Crippen LogP contribution in [-0.4, -0.2) is 22.2 Å². The number of carbonyl (C=O) groups excluding carboxylic acids is 1. The molecule has 6 heteroatoms. The first-order valence-corrected chi connectivity index (χ1v) is 8.71. The van der Waals surface area contributed by atoms with E-state index in [0.29, 0.717) is 18.1 Å². The van der Waals surface area contributed by atoms with Crippen LogP contribution in [0.3, 0.4) is 0 Å². The molecule has 0 spiro atoms. The molecule has 0 aliphatic carbocycles. The Hall–Kier alpha value is -2.47. The van der Waals surface area contributed by atoms with E-state index in [1.807, 2.05) is 37.5 Å². The molecule has 0 radical (unpaired) electrons. The van der Waals surface area contributed by atoms with E-state index < -0.39 is 0 Å². The molecular formula is C18H19N3O2S. The average Bonchev–Trinajstić information content (AvgIpc) is 3.23. The van der Waals surface area contributed by atoms with Gasteiger partial charge in [0, 0.05) is 36.0 Å². The smallest absolute Gasteiger partial charge is 0.287 e. The summed E-state index contributed by atoms with van der Waals surface area (Å²) in [5.41, 5.74) is 2.00. The summed E-state index contributed by atoms with van der Waals surface area (Å²) >= 11 is 1.68. The molecule has 124 valence electrons. The average molecular weight is 341 g/mol. The first kappa shape index (κ1) is 16.4. The second kappa shape index (κ2) is 7.88. The van der Waals surface area contributed by atoms with Crippen molar-refractivity contribution in [3.8, 4) is 0 Å². The Bertz CT molecular complexity index is 795. The van der Waals surface area contributed by atoms with Crippen LogP contribution in [0, 0.1) is 0 Å². The van der Waals surface area contributed by atoms with Crippen molar-refractivity contribution in [3.63, 3.8) is 0 Å². The van der Waals surface area contributed by atoms with Crippen LogP contribution >= 0.6 is 11.8 Å². The van der Waals surface area contributed by atoms with Crippen molar-refractivity contribution >= 4 is 17.7 Å². The predicted octanol–water partition coefficient (Wildman–Crippen LogP) is 3.28. The molecule has 0 aliphatic rings. The molecule has 2 heterocycles. The number of hydrogen-bond donors (Lipinski definition) is 1. The monoisotopic (exact) mass is 341 g/mol. The molecule has 0 atom stereocenters. The molecule has 3 rings (SSSR count). The lowest BCUT2D eigenvalue weighted by atomic mass is 10.2. The SMILES string of the molecule is Cn1cc(CCNC(=O)c2occc2CSc2ccccc2)cn1. The lowest BCUT2D eigenvalue weighted by Crippen LogP contribution is -2.26. The van der Waals surface area contributed by atoms with Gasteiger partial charge in [0.05, 0.1) is 12.5 Å². The number of nitrogens with zero attached hydrogens (tertiary/aromatic N) is 2. The van der Waals surface area contributed by atoms with Crippen LogP contribution in [0.5, 0.6) is 0 Å². The maximum atomic E-state index is 12.3. The molecule has 1 aromatic carbocycles. The molecule has 0 saturated heterocycles. The first-order chi connectivity index (χ1) is 11.7. The Morgan fingerprint density at radius 1 is 1.29 bits per heavy atom. The van der Waals surface area contributed by atoms with Gasteiger partial charge in [-0.2, -0.15) is 5.10 Å². The zero-order chi connectivity index (χ0) is 16.8. The molecule has 0 saturated carbocycles. The van der Waals surface area contributed by atoms with Crippen molar-refractivity contribution < 1.29 is 9.21 Å². The summed E-state index contributed by atoms with van der Waals surface area (Å²) in [6.45, 7) is 0.552. The van der Waals surface area contributed by atoms with E-state index in [0.717, 1.165) is 17.5 Å². The fourth-order valence-corrected chi connectivity index (χ4v) is 3.23. The molecule has 2 aromatic heterocycles. The van der Waals surface area contributed by atoms with Gasteiger partial charge in [-0.05, 0) is 30.2 Å². The van der Waals surface area contributed by atoms with E-state index in [1.54, 1.807) is 28.9 Å². The zero-order valence-electron chi connectivity index (χ0n) is 13.4. The van der Waals surface area contributed by atoms with Gasteiger partial charge >= 0.3 is 0 Å². The maximum absolute atomic E-state index is 12.3. The summed E-state index contributed by atoms with van der Waals surface area (Å²) in [7, 11) is 1.88. The van der Waals surface area contributed by atoms with Crippen LogP contribution < -0.4 is 5.32 Å². The second-order valence-electron chi connectivity index (χ2n) is 5.40. The fourth-order valence-electron chi connectivity index (χ4n) is 2.33. The molecule has 1 amide bonds. The number of carbonyl (C=O) groups is 1. The number of aromatic nitrogens is 2. The van der Waals surface area contributed by atoms with E-state index in [9.17, 15) is 4.79 Å². The Morgan fingerprint density at radius 3 is 2.88 bits per heavy atom. The van der Waals surface area contributed by atoms with E-state index >= 15 is 0 Å². The largest absolute Gasteiger partial charge is 0.459 e. The Morgan fingerprint density at radius 2 is 2.12 bits per heavy atom. The third kappa shape index (κ3) is 4.29. The first-order valence-electron chi connectivity index (χ1n) is 7.72. The number of benzene rings is 1. The minimum Gasteiger partial charge on any atom is -0.459 e. The van der Waals surface area contributed by atoms with E-state index in [1.165, 1.54) is 4.90 Å². The summed E-state index contributed by atoms with van der Waals surface area (Å²) in [4.78, 5) is 13.5. The zero-order valence-corrected chi connectivity index (χ0v) is 14.3. The number of thioether (sulfide) groups is 1. The molecule has 3 aromatic rings. The van der Waals surface area contributed by atoms with Gasteiger partial charge in [-0.1, -0.05) is 18.2 Å². The Labute approximate surface area is 145 Å². The number of amides is 1. The van der Waals surface area contributed by atoms with Gasteiger partial charge in [0.2, 0.25) is 0 Å². The van der Waals surface area contributed by atoms with Crippen LogP contribution in [-0.2, 0) is 19.2 Å². The highest BCUT2D eigenvalue weighted by atomic mass is 32.2. The lowest BCUT2D eigenvalue weighted by Gasteiger charge is -2.05. The van der Waals surface area contributed by atoms with Crippen molar-refractivity contribution in [1.82, 2.24) is 15.1 Å².